The summed E-state index contributed by atoms with van der Waals surface area (Å²) in [7, 11) is -0.928. The van der Waals surface area contributed by atoms with Crippen LogP contribution in [0.15, 0.2) is 12.3 Å². The fourth-order valence-electron chi connectivity index (χ4n) is 2.83. The molecule has 1 aliphatic carbocycles. The lowest BCUT2D eigenvalue weighted by atomic mass is 9.88. The molecule has 0 saturated heterocycles. The molecule has 0 bridgehead atoms. The molecule has 0 atom stereocenters. The third-order valence-electron chi connectivity index (χ3n) is 4.01. The summed E-state index contributed by atoms with van der Waals surface area (Å²) >= 11 is 0. The Hall–Kier alpha value is -0.283. The molecule has 2 nitrogen and oxygen atoms in total. The molecule has 0 aromatic heterocycles. The minimum Gasteiger partial charge on any atom is -0.361 e. The van der Waals surface area contributed by atoms with E-state index in [1.165, 1.54) is 38.3 Å². The summed E-state index contributed by atoms with van der Waals surface area (Å²) in [5.74, 6) is 0. The van der Waals surface area contributed by atoms with Crippen LogP contribution < -0.4 is 0 Å². The molecule has 0 aromatic carbocycles. The van der Waals surface area contributed by atoms with E-state index in [0.29, 0.717) is 5.41 Å². The molecule has 3 heteroatoms. The van der Waals surface area contributed by atoms with Crippen LogP contribution in [0.2, 0.25) is 25.7 Å². The summed E-state index contributed by atoms with van der Waals surface area (Å²) < 4.78 is 5.81. The van der Waals surface area contributed by atoms with Crippen LogP contribution in [0.3, 0.4) is 0 Å². The average Bonchev–Trinajstić information content (AvgIpc) is 2.84. The normalized spacial score (nSPS) is 22.9. The average molecular weight is 253 g/mol. The van der Waals surface area contributed by atoms with Crippen LogP contribution in [0.1, 0.15) is 25.7 Å². The van der Waals surface area contributed by atoms with Crippen molar-refractivity contribution >= 4 is 8.07 Å². The van der Waals surface area contributed by atoms with E-state index in [0.717, 1.165) is 13.3 Å². The van der Waals surface area contributed by atoms with E-state index in [4.69, 9.17) is 4.74 Å². The Kier molecular flexibility index (Phi) is 3.98. The first-order valence-electron chi connectivity index (χ1n) is 7.00. The van der Waals surface area contributed by atoms with Crippen molar-refractivity contribution in [2.75, 3.05) is 19.9 Å². The Morgan fingerprint density at radius 3 is 2.59 bits per heavy atom. The van der Waals surface area contributed by atoms with Crippen molar-refractivity contribution in [1.82, 2.24) is 4.90 Å². The molecule has 1 saturated carbocycles. The van der Waals surface area contributed by atoms with Crippen LogP contribution in [0, 0.1) is 5.41 Å². The van der Waals surface area contributed by atoms with Gasteiger partial charge in [-0.05, 0) is 25.1 Å². The number of rotatable bonds is 5. The minimum absolute atomic E-state index is 0.516. The molecule has 1 fully saturated rings. The van der Waals surface area contributed by atoms with Crippen molar-refractivity contribution in [3.05, 3.63) is 12.3 Å². The molecule has 1 aliphatic heterocycles. The van der Waals surface area contributed by atoms with Gasteiger partial charge in [0, 0.05) is 26.6 Å². The van der Waals surface area contributed by atoms with E-state index in [1.54, 1.807) is 0 Å². The smallest absolute Gasteiger partial charge is 0.118 e. The van der Waals surface area contributed by atoms with Crippen molar-refractivity contribution in [2.24, 2.45) is 5.41 Å². The maximum atomic E-state index is 5.81. The summed E-state index contributed by atoms with van der Waals surface area (Å²) in [6, 6.07) is 1.27. The van der Waals surface area contributed by atoms with Gasteiger partial charge in [0.1, 0.15) is 6.73 Å². The van der Waals surface area contributed by atoms with Gasteiger partial charge in [-0.15, -0.1) is 0 Å². The van der Waals surface area contributed by atoms with Crippen molar-refractivity contribution < 1.29 is 4.74 Å². The highest BCUT2D eigenvalue weighted by atomic mass is 28.3. The third-order valence-corrected chi connectivity index (χ3v) is 5.71. The van der Waals surface area contributed by atoms with E-state index < -0.39 is 8.07 Å². The SMILES string of the molecule is C[Si](C)(C)CCOCN1C=CC2(CCCC2)C1. The summed E-state index contributed by atoms with van der Waals surface area (Å²) in [4.78, 5) is 2.36. The van der Waals surface area contributed by atoms with Crippen LogP contribution in [0.25, 0.3) is 0 Å². The maximum absolute atomic E-state index is 5.81. The van der Waals surface area contributed by atoms with Crippen molar-refractivity contribution in [3.63, 3.8) is 0 Å². The highest BCUT2D eigenvalue weighted by Crippen LogP contribution is 2.42. The highest BCUT2D eigenvalue weighted by Gasteiger charge is 2.36. The van der Waals surface area contributed by atoms with Gasteiger partial charge in [0.05, 0.1) is 0 Å². The second kappa shape index (κ2) is 5.15. The second-order valence-corrected chi connectivity index (χ2v) is 12.6. The van der Waals surface area contributed by atoms with E-state index in [9.17, 15) is 0 Å². The van der Waals surface area contributed by atoms with Gasteiger partial charge in [0.25, 0.3) is 0 Å². The predicted octanol–water partition coefficient (Wildman–Crippen LogP) is 3.69. The first-order chi connectivity index (χ1) is 7.99. The van der Waals surface area contributed by atoms with Gasteiger partial charge in [-0.2, -0.15) is 0 Å². The summed E-state index contributed by atoms with van der Waals surface area (Å²) in [6.07, 6.45) is 10.3. The largest absolute Gasteiger partial charge is 0.361 e. The van der Waals surface area contributed by atoms with E-state index in [-0.39, 0.29) is 0 Å². The molecule has 1 heterocycles. The zero-order chi connectivity index (χ0) is 12.4. The van der Waals surface area contributed by atoms with Gasteiger partial charge in [0.15, 0.2) is 0 Å². The molecule has 98 valence electrons. The molecule has 2 rings (SSSR count). The number of ether oxygens (including phenoxy) is 1. The van der Waals surface area contributed by atoms with Crippen LogP contribution in [-0.2, 0) is 4.74 Å². The predicted molar refractivity (Wildman–Crippen MR) is 75.7 cm³/mol. The molecule has 2 aliphatic rings. The molecular weight excluding hydrogens is 226 g/mol. The van der Waals surface area contributed by atoms with Gasteiger partial charge in [-0.1, -0.05) is 38.6 Å². The highest BCUT2D eigenvalue weighted by molar-refractivity contribution is 6.76. The summed E-state index contributed by atoms with van der Waals surface area (Å²) in [5.41, 5.74) is 0.516. The third kappa shape index (κ3) is 3.85. The van der Waals surface area contributed by atoms with Gasteiger partial charge in [-0.25, -0.2) is 0 Å². The summed E-state index contributed by atoms with van der Waals surface area (Å²) in [6.45, 7) is 10.1. The number of hydrogen-bond acceptors (Lipinski definition) is 2. The zero-order valence-corrected chi connectivity index (χ0v) is 12.7. The fourth-order valence-corrected chi connectivity index (χ4v) is 3.58. The quantitative estimate of drug-likeness (QED) is 0.547. The summed E-state index contributed by atoms with van der Waals surface area (Å²) in [5, 5.41) is 0. The number of nitrogens with zero attached hydrogens (tertiary/aromatic N) is 1. The van der Waals surface area contributed by atoms with Crippen molar-refractivity contribution in [1.29, 1.82) is 0 Å². The monoisotopic (exact) mass is 253 g/mol. The maximum Gasteiger partial charge on any atom is 0.118 e. The standard InChI is InChI=1S/C14H27NOSi/c1-17(2,3)11-10-16-13-15-9-8-14(12-15)6-4-5-7-14/h8-9H,4-7,10-13H2,1-3H3. The Bertz CT molecular complexity index is 276. The van der Waals surface area contributed by atoms with E-state index in [2.05, 4.69) is 36.8 Å². The molecule has 0 radical (unpaired) electrons. The zero-order valence-electron chi connectivity index (χ0n) is 11.7. The van der Waals surface area contributed by atoms with Gasteiger partial charge >= 0.3 is 0 Å². The van der Waals surface area contributed by atoms with Gasteiger partial charge < -0.3 is 9.64 Å². The first kappa shape index (κ1) is 13.2. The van der Waals surface area contributed by atoms with Crippen molar-refractivity contribution in [3.8, 4) is 0 Å². The van der Waals surface area contributed by atoms with Gasteiger partial charge in [0.2, 0.25) is 0 Å². The lowest BCUT2D eigenvalue weighted by Gasteiger charge is -2.25. The Morgan fingerprint density at radius 1 is 1.24 bits per heavy atom. The molecular formula is C14H27NOSi. The van der Waals surface area contributed by atoms with Crippen LogP contribution in [-0.4, -0.2) is 32.9 Å². The van der Waals surface area contributed by atoms with E-state index >= 15 is 0 Å². The molecule has 0 N–H and O–H groups in total. The Balaban J connectivity index is 1.64. The first-order valence-corrected chi connectivity index (χ1v) is 10.7. The van der Waals surface area contributed by atoms with E-state index in [1.807, 2.05) is 0 Å². The van der Waals surface area contributed by atoms with Crippen LogP contribution >= 0.6 is 0 Å². The molecule has 1 spiro atoms. The molecule has 0 aromatic rings. The Morgan fingerprint density at radius 2 is 1.94 bits per heavy atom. The van der Waals surface area contributed by atoms with Crippen LogP contribution in [0.4, 0.5) is 0 Å². The molecule has 0 unspecified atom stereocenters. The van der Waals surface area contributed by atoms with Crippen LogP contribution in [0.5, 0.6) is 0 Å². The van der Waals surface area contributed by atoms with Gasteiger partial charge in [-0.3, -0.25) is 0 Å². The lowest BCUT2D eigenvalue weighted by Crippen LogP contribution is -2.28. The molecule has 17 heavy (non-hydrogen) atoms. The fraction of sp³-hybridized carbons (Fsp3) is 0.857. The minimum atomic E-state index is -0.928. The Labute approximate surface area is 107 Å². The lowest BCUT2D eigenvalue weighted by molar-refractivity contribution is 0.0556. The molecule has 0 amide bonds. The van der Waals surface area contributed by atoms with Crippen molar-refractivity contribution in [2.45, 2.75) is 51.4 Å². The second-order valence-electron chi connectivity index (χ2n) is 6.98. The topological polar surface area (TPSA) is 12.5 Å². The number of hydrogen-bond donors (Lipinski definition) is 0.